The number of carbonyl (C=O) groups is 1. The molecule has 0 saturated carbocycles. The van der Waals surface area contributed by atoms with E-state index in [1.54, 1.807) is 0 Å². The topological polar surface area (TPSA) is 91.6 Å². The van der Waals surface area contributed by atoms with Gasteiger partial charge in [0.1, 0.15) is 0 Å². The van der Waals surface area contributed by atoms with Crippen molar-refractivity contribution >= 4 is 21.8 Å². The highest BCUT2D eigenvalue weighted by atomic mass is 79.9. The molecule has 0 bridgehead atoms. The molecule has 1 atom stereocenters. The van der Waals surface area contributed by atoms with Gasteiger partial charge >= 0.3 is 0 Å². The average molecular weight is 305 g/mol. The van der Waals surface area contributed by atoms with E-state index in [9.17, 15) is 9.59 Å². The van der Waals surface area contributed by atoms with Crippen molar-refractivity contribution in [2.45, 2.75) is 6.10 Å². The fourth-order valence-corrected chi connectivity index (χ4v) is 1.70. The second-order valence-corrected chi connectivity index (χ2v) is 4.39. The highest BCUT2D eigenvalue weighted by molar-refractivity contribution is 9.10. The molecule has 0 fully saturated rings. The maximum Gasteiger partial charge on any atom is 0.264 e. The van der Waals surface area contributed by atoms with E-state index in [-0.39, 0.29) is 16.6 Å². The van der Waals surface area contributed by atoms with Crippen LogP contribution in [0.4, 0.5) is 0 Å². The van der Waals surface area contributed by atoms with Crippen LogP contribution in [0, 0.1) is 0 Å². The highest BCUT2D eigenvalue weighted by Crippen LogP contribution is 2.06. The lowest BCUT2D eigenvalue weighted by Crippen LogP contribution is -2.34. The van der Waals surface area contributed by atoms with Crippen molar-refractivity contribution in [3.63, 3.8) is 0 Å². The summed E-state index contributed by atoms with van der Waals surface area (Å²) in [7, 11) is 1.53. The van der Waals surface area contributed by atoms with E-state index in [0.29, 0.717) is 5.56 Å². The third kappa shape index (κ3) is 3.65. The van der Waals surface area contributed by atoms with Crippen LogP contribution in [-0.4, -0.2) is 39.9 Å². The Morgan fingerprint density at radius 1 is 1.65 bits per heavy atom. The Morgan fingerprint density at radius 3 is 2.82 bits per heavy atom. The first-order valence-electron chi connectivity index (χ1n) is 4.89. The molecule has 1 rings (SSSR count). The van der Waals surface area contributed by atoms with Crippen LogP contribution in [0.2, 0.25) is 0 Å². The lowest BCUT2D eigenvalue weighted by atomic mass is 10.2. The van der Waals surface area contributed by atoms with Crippen molar-refractivity contribution < 1.29 is 15.0 Å². The number of nitrogens with one attached hydrogen (secondary N) is 1. The van der Waals surface area contributed by atoms with Gasteiger partial charge in [-0.2, -0.15) is 0 Å². The predicted octanol–water partition coefficient (Wildman–Crippen LogP) is -0.769. The average Bonchev–Trinajstić information content (AvgIpc) is 2.31. The normalized spacial score (nSPS) is 12.2. The molecule has 1 heterocycles. The van der Waals surface area contributed by atoms with E-state index in [1.165, 1.54) is 23.9 Å². The van der Waals surface area contributed by atoms with Crippen LogP contribution in [-0.2, 0) is 7.05 Å². The van der Waals surface area contributed by atoms with Crippen LogP contribution in [0.25, 0.3) is 0 Å². The Balaban J connectivity index is 2.80. The maximum absolute atomic E-state index is 11.6. The molecule has 0 spiro atoms. The molecule has 0 saturated heterocycles. The fourth-order valence-electron chi connectivity index (χ4n) is 1.17. The summed E-state index contributed by atoms with van der Waals surface area (Å²) < 4.78 is 1.57. The second kappa shape index (κ2) is 5.95. The number of aliphatic hydroxyl groups is 2. The number of aliphatic hydroxyl groups excluding tert-OH is 2. The van der Waals surface area contributed by atoms with Crippen LogP contribution < -0.4 is 10.9 Å². The summed E-state index contributed by atoms with van der Waals surface area (Å²) in [5, 5.41) is 20.1. The van der Waals surface area contributed by atoms with Gasteiger partial charge in [0, 0.05) is 19.8 Å². The Hall–Kier alpha value is -1.18. The standard InChI is InChI=1S/C10H13BrN2O4/c1-13-4-6(2-8(11)10(13)17)9(16)12-3-7(15)5-14/h2,4,7,14-15H,3,5H2,1H3,(H,12,16). The minimum Gasteiger partial charge on any atom is -0.394 e. The quantitative estimate of drug-likeness (QED) is 0.681. The van der Waals surface area contributed by atoms with E-state index >= 15 is 0 Å². The number of halogens is 1. The largest absolute Gasteiger partial charge is 0.394 e. The molecule has 17 heavy (non-hydrogen) atoms. The summed E-state index contributed by atoms with van der Waals surface area (Å²) in [6.45, 7) is -0.465. The Morgan fingerprint density at radius 2 is 2.29 bits per heavy atom. The SMILES string of the molecule is Cn1cc(C(=O)NCC(O)CO)cc(Br)c1=O. The van der Waals surface area contributed by atoms with Crippen molar-refractivity contribution in [1.82, 2.24) is 9.88 Å². The van der Waals surface area contributed by atoms with Crippen LogP contribution >= 0.6 is 15.9 Å². The first-order chi connectivity index (χ1) is 7.95. The van der Waals surface area contributed by atoms with Crippen LogP contribution in [0.5, 0.6) is 0 Å². The lowest BCUT2D eigenvalue weighted by molar-refractivity contribution is 0.0801. The fraction of sp³-hybridized carbons (Fsp3) is 0.400. The summed E-state index contributed by atoms with van der Waals surface area (Å²) in [4.78, 5) is 23.0. The molecule has 6 nitrogen and oxygen atoms in total. The summed E-state index contributed by atoms with van der Waals surface area (Å²) >= 11 is 3.06. The molecule has 1 aromatic heterocycles. The molecule has 1 unspecified atom stereocenters. The number of aromatic nitrogens is 1. The van der Waals surface area contributed by atoms with Crippen molar-refractivity contribution in [1.29, 1.82) is 0 Å². The summed E-state index contributed by atoms with van der Waals surface area (Å²) in [5.41, 5.74) is 0.0565. The number of carbonyl (C=O) groups excluding carboxylic acids is 1. The minimum absolute atomic E-state index is 0.0458. The van der Waals surface area contributed by atoms with Crippen LogP contribution in [0.15, 0.2) is 21.5 Å². The van der Waals surface area contributed by atoms with Gasteiger partial charge in [-0.15, -0.1) is 0 Å². The third-order valence-electron chi connectivity index (χ3n) is 2.11. The van der Waals surface area contributed by atoms with Crippen molar-refractivity contribution in [2.24, 2.45) is 7.05 Å². The number of hydrogen-bond donors (Lipinski definition) is 3. The zero-order valence-corrected chi connectivity index (χ0v) is 10.8. The molecule has 0 aliphatic rings. The van der Waals surface area contributed by atoms with Crippen LogP contribution in [0.3, 0.4) is 0 Å². The number of pyridine rings is 1. The molecular formula is C10H13BrN2O4. The number of aryl methyl sites for hydroxylation is 1. The molecule has 1 amide bonds. The zero-order chi connectivity index (χ0) is 13.0. The van der Waals surface area contributed by atoms with Crippen LogP contribution in [0.1, 0.15) is 10.4 Å². The maximum atomic E-state index is 11.6. The van der Waals surface area contributed by atoms with Gasteiger partial charge in [0.2, 0.25) is 0 Å². The second-order valence-electron chi connectivity index (χ2n) is 3.54. The molecule has 3 N–H and O–H groups in total. The Kier molecular flexibility index (Phi) is 4.86. The summed E-state index contributed by atoms with van der Waals surface area (Å²) in [6, 6.07) is 1.41. The van der Waals surface area contributed by atoms with Gasteiger partial charge in [0.05, 0.1) is 22.7 Å². The molecular weight excluding hydrogens is 292 g/mol. The molecule has 1 aromatic rings. The number of hydrogen-bond acceptors (Lipinski definition) is 4. The first kappa shape index (κ1) is 13.9. The van der Waals surface area contributed by atoms with Gasteiger partial charge in [-0.05, 0) is 22.0 Å². The number of nitrogens with zero attached hydrogens (tertiary/aromatic N) is 1. The van der Waals surface area contributed by atoms with Gasteiger partial charge in [-0.25, -0.2) is 0 Å². The third-order valence-corrected chi connectivity index (χ3v) is 2.68. The number of amides is 1. The van der Waals surface area contributed by atoms with Gasteiger partial charge in [0.15, 0.2) is 0 Å². The van der Waals surface area contributed by atoms with Crippen molar-refractivity contribution in [2.75, 3.05) is 13.2 Å². The molecule has 0 radical (unpaired) electrons. The van der Waals surface area contributed by atoms with Gasteiger partial charge in [-0.3, -0.25) is 9.59 Å². The smallest absolute Gasteiger partial charge is 0.264 e. The zero-order valence-electron chi connectivity index (χ0n) is 9.18. The molecule has 94 valence electrons. The highest BCUT2D eigenvalue weighted by Gasteiger charge is 2.11. The van der Waals surface area contributed by atoms with E-state index in [4.69, 9.17) is 10.2 Å². The molecule has 0 aliphatic heterocycles. The predicted molar refractivity (Wildman–Crippen MR) is 64.8 cm³/mol. The monoisotopic (exact) mass is 304 g/mol. The van der Waals surface area contributed by atoms with E-state index in [0.717, 1.165) is 0 Å². The van der Waals surface area contributed by atoms with E-state index in [1.807, 2.05) is 0 Å². The van der Waals surface area contributed by atoms with Gasteiger partial charge in [0.25, 0.3) is 11.5 Å². The summed E-state index contributed by atoms with van der Waals surface area (Å²) in [5.74, 6) is -0.422. The van der Waals surface area contributed by atoms with Gasteiger partial charge in [-0.1, -0.05) is 0 Å². The Bertz CT molecular complexity index is 446. The van der Waals surface area contributed by atoms with Crippen molar-refractivity contribution in [3.8, 4) is 0 Å². The van der Waals surface area contributed by atoms with E-state index in [2.05, 4.69) is 21.2 Å². The summed E-state index contributed by atoms with van der Waals surface area (Å²) in [6.07, 6.45) is 0.406. The molecule has 7 heteroatoms. The first-order valence-corrected chi connectivity index (χ1v) is 5.68. The minimum atomic E-state index is -0.991. The van der Waals surface area contributed by atoms with E-state index < -0.39 is 18.6 Å². The van der Waals surface area contributed by atoms with Crippen molar-refractivity contribution in [3.05, 3.63) is 32.7 Å². The van der Waals surface area contributed by atoms with Gasteiger partial charge < -0.3 is 20.1 Å². The Labute approximate surface area is 106 Å². The molecule has 0 aromatic carbocycles. The molecule has 0 aliphatic carbocycles. The lowest BCUT2D eigenvalue weighted by Gasteiger charge is -2.09. The number of rotatable bonds is 4.